The van der Waals surface area contributed by atoms with E-state index in [1.807, 2.05) is 24.1 Å². The number of rotatable bonds is 4. The highest BCUT2D eigenvalue weighted by Crippen LogP contribution is 2.20. The van der Waals surface area contributed by atoms with E-state index in [1.165, 1.54) is 0 Å². The van der Waals surface area contributed by atoms with Gasteiger partial charge in [-0.3, -0.25) is 9.80 Å². The molecule has 1 N–H and O–H groups in total. The minimum atomic E-state index is -0.334. The standard InChI is InChI=1S/C16H21N3O3/c1-12-9-10-19(17-12)14-7-5-13(6-8-14)16(20)18-22-15-4-2-3-11-21-15/h5-8,15H,2-4,9-11H2,1H3,(H,18,20)/t15-/m0/s1. The quantitative estimate of drug-likeness (QED) is 0.868. The van der Waals surface area contributed by atoms with Crippen LogP contribution in [0.2, 0.25) is 0 Å². The van der Waals surface area contributed by atoms with Gasteiger partial charge in [-0.05, 0) is 44.0 Å². The van der Waals surface area contributed by atoms with Crippen molar-refractivity contribution in [1.29, 1.82) is 0 Å². The van der Waals surface area contributed by atoms with Gasteiger partial charge < -0.3 is 4.74 Å². The number of carbonyl (C=O) groups is 1. The number of nitrogens with one attached hydrogen (secondary N) is 1. The van der Waals surface area contributed by atoms with E-state index in [0.29, 0.717) is 12.2 Å². The summed E-state index contributed by atoms with van der Waals surface area (Å²) < 4.78 is 5.40. The van der Waals surface area contributed by atoms with E-state index in [-0.39, 0.29) is 12.2 Å². The first kappa shape index (κ1) is 15.0. The number of hydrazone groups is 1. The van der Waals surface area contributed by atoms with Gasteiger partial charge in [0, 0.05) is 37.3 Å². The summed E-state index contributed by atoms with van der Waals surface area (Å²) in [5, 5.41) is 6.39. The van der Waals surface area contributed by atoms with E-state index in [0.717, 1.165) is 43.6 Å². The minimum absolute atomic E-state index is 0.262. The summed E-state index contributed by atoms with van der Waals surface area (Å²) in [6.07, 6.45) is 3.57. The second-order valence-electron chi connectivity index (χ2n) is 5.60. The van der Waals surface area contributed by atoms with Crippen LogP contribution in [0, 0.1) is 0 Å². The molecule has 0 aliphatic carbocycles. The molecule has 118 valence electrons. The normalized spacial score (nSPS) is 21.6. The maximum Gasteiger partial charge on any atom is 0.274 e. The summed E-state index contributed by atoms with van der Waals surface area (Å²) in [7, 11) is 0. The van der Waals surface area contributed by atoms with Crippen LogP contribution in [0.25, 0.3) is 0 Å². The fourth-order valence-corrected chi connectivity index (χ4v) is 2.53. The fraction of sp³-hybridized carbons (Fsp3) is 0.500. The summed E-state index contributed by atoms with van der Waals surface area (Å²) in [6, 6.07) is 7.35. The molecule has 2 heterocycles. The first-order valence-corrected chi connectivity index (χ1v) is 7.71. The Morgan fingerprint density at radius 2 is 2.18 bits per heavy atom. The summed E-state index contributed by atoms with van der Waals surface area (Å²) in [4.78, 5) is 17.3. The molecule has 0 unspecified atom stereocenters. The topological polar surface area (TPSA) is 63.2 Å². The number of amides is 1. The molecule has 0 bridgehead atoms. The number of benzene rings is 1. The third kappa shape index (κ3) is 3.64. The molecule has 6 nitrogen and oxygen atoms in total. The van der Waals surface area contributed by atoms with Crippen molar-refractivity contribution in [2.45, 2.75) is 38.9 Å². The molecule has 1 saturated heterocycles. The highest BCUT2D eigenvalue weighted by molar-refractivity contribution is 5.94. The molecule has 0 saturated carbocycles. The number of carbonyl (C=O) groups excluding carboxylic acids is 1. The summed E-state index contributed by atoms with van der Waals surface area (Å²) in [6.45, 7) is 3.59. The van der Waals surface area contributed by atoms with E-state index in [2.05, 4.69) is 10.6 Å². The first-order valence-electron chi connectivity index (χ1n) is 7.71. The molecule has 1 amide bonds. The van der Waals surface area contributed by atoms with E-state index in [1.54, 1.807) is 12.1 Å². The lowest BCUT2D eigenvalue weighted by molar-refractivity contribution is -0.186. The van der Waals surface area contributed by atoms with Crippen molar-refractivity contribution in [3.05, 3.63) is 29.8 Å². The Kier molecular flexibility index (Phi) is 4.70. The Balaban J connectivity index is 1.54. The van der Waals surface area contributed by atoms with Gasteiger partial charge in [-0.25, -0.2) is 10.3 Å². The summed E-state index contributed by atoms with van der Waals surface area (Å²) >= 11 is 0. The largest absolute Gasteiger partial charge is 0.350 e. The predicted molar refractivity (Wildman–Crippen MR) is 83.7 cm³/mol. The fourth-order valence-electron chi connectivity index (χ4n) is 2.53. The Morgan fingerprint density at radius 3 is 2.82 bits per heavy atom. The van der Waals surface area contributed by atoms with Crippen LogP contribution in [0.4, 0.5) is 5.69 Å². The number of ether oxygens (including phenoxy) is 1. The molecular weight excluding hydrogens is 282 g/mol. The van der Waals surface area contributed by atoms with E-state index in [4.69, 9.17) is 9.57 Å². The zero-order valence-corrected chi connectivity index (χ0v) is 12.7. The SMILES string of the molecule is CC1=NN(c2ccc(C(=O)NO[C@H]3CCCCO3)cc2)CC1. The van der Waals surface area contributed by atoms with Crippen molar-refractivity contribution < 1.29 is 14.4 Å². The molecule has 6 heteroatoms. The van der Waals surface area contributed by atoms with Crippen LogP contribution in [0.3, 0.4) is 0 Å². The Morgan fingerprint density at radius 1 is 1.36 bits per heavy atom. The number of anilines is 1. The predicted octanol–water partition coefficient (Wildman–Crippen LogP) is 2.46. The van der Waals surface area contributed by atoms with Crippen LogP contribution in [0.15, 0.2) is 29.4 Å². The van der Waals surface area contributed by atoms with Gasteiger partial charge in [-0.2, -0.15) is 5.10 Å². The third-order valence-corrected chi connectivity index (χ3v) is 3.83. The smallest absolute Gasteiger partial charge is 0.274 e. The maximum atomic E-state index is 12.0. The second-order valence-corrected chi connectivity index (χ2v) is 5.60. The highest BCUT2D eigenvalue weighted by atomic mass is 16.8. The van der Waals surface area contributed by atoms with Gasteiger partial charge in [0.1, 0.15) is 0 Å². The third-order valence-electron chi connectivity index (χ3n) is 3.83. The lowest BCUT2D eigenvalue weighted by atomic mass is 10.2. The van der Waals surface area contributed by atoms with Gasteiger partial charge >= 0.3 is 0 Å². The summed E-state index contributed by atoms with van der Waals surface area (Å²) in [5.41, 5.74) is 5.13. The molecule has 2 aliphatic rings. The Labute approximate surface area is 130 Å². The number of nitrogens with zero attached hydrogens (tertiary/aromatic N) is 2. The van der Waals surface area contributed by atoms with E-state index >= 15 is 0 Å². The van der Waals surface area contributed by atoms with Crippen LogP contribution >= 0.6 is 0 Å². The van der Waals surface area contributed by atoms with Crippen LogP contribution in [0.1, 0.15) is 43.0 Å². The van der Waals surface area contributed by atoms with Gasteiger partial charge in [-0.15, -0.1) is 0 Å². The highest BCUT2D eigenvalue weighted by Gasteiger charge is 2.17. The van der Waals surface area contributed by atoms with Crippen molar-refractivity contribution in [3.63, 3.8) is 0 Å². The second kappa shape index (κ2) is 6.89. The van der Waals surface area contributed by atoms with E-state index in [9.17, 15) is 4.79 Å². The van der Waals surface area contributed by atoms with Crippen LogP contribution in [-0.4, -0.2) is 31.1 Å². The lowest BCUT2D eigenvalue weighted by Crippen LogP contribution is -2.33. The zero-order valence-electron chi connectivity index (χ0n) is 12.7. The van der Waals surface area contributed by atoms with Crippen molar-refractivity contribution >= 4 is 17.3 Å². The molecule has 1 aromatic carbocycles. The van der Waals surface area contributed by atoms with Crippen molar-refractivity contribution in [1.82, 2.24) is 5.48 Å². The van der Waals surface area contributed by atoms with Crippen molar-refractivity contribution in [3.8, 4) is 0 Å². The molecule has 1 atom stereocenters. The van der Waals surface area contributed by atoms with Gasteiger partial charge in [-0.1, -0.05) is 0 Å². The zero-order chi connectivity index (χ0) is 15.4. The average Bonchev–Trinajstić information content (AvgIpc) is 3.00. The van der Waals surface area contributed by atoms with Crippen LogP contribution in [-0.2, 0) is 9.57 Å². The monoisotopic (exact) mass is 303 g/mol. The number of hydrogen-bond acceptors (Lipinski definition) is 5. The molecule has 1 fully saturated rings. The molecule has 0 radical (unpaired) electrons. The lowest BCUT2D eigenvalue weighted by Gasteiger charge is -2.22. The minimum Gasteiger partial charge on any atom is -0.350 e. The van der Waals surface area contributed by atoms with Gasteiger partial charge in [0.15, 0.2) is 6.29 Å². The average molecular weight is 303 g/mol. The molecule has 0 aromatic heterocycles. The molecule has 0 spiro atoms. The molecule has 22 heavy (non-hydrogen) atoms. The first-order chi connectivity index (χ1) is 10.7. The van der Waals surface area contributed by atoms with Gasteiger partial charge in [0.05, 0.1) is 5.69 Å². The number of hydroxylamine groups is 1. The molecular formula is C16H21N3O3. The number of hydrogen-bond donors (Lipinski definition) is 1. The maximum absolute atomic E-state index is 12.0. The van der Waals surface area contributed by atoms with E-state index < -0.39 is 0 Å². The Hall–Kier alpha value is -1.92. The van der Waals surface area contributed by atoms with Crippen LogP contribution < -0.4 is 10.5 Å². The molecule has 1 aromatic rings. The van der Waals surface area contributed by atoms with Crippen molar-refractivity contribution in [2.75, 3.05) is 18.2 Å². The summed E-state index contributed by atoms with van der Waals surface area (Å²) in [5.74, 6) is -0.262. The molecule has 2 aliphatic heterocycles. The van der Waals surface area contributed by atoms with Crippen LogP contribution in [0.5, 0.6) is 0 Å². The van der Waals surface area contributed by atoms with Gasteiger partial charge in [0.2, 0.25) is 0 Å². The molecule has 3 rings (SSSR count). The van der Waals surface area contributed by atoms with Gasteiger partial charge in [0.25, 0.3) is 5.91 Å². The Bertz CT molecular complexity index is 550. The van der Waals surface area contributed by atoms with Crippen molar-refractivity contribution in [2.24, 2.45) is 5.10 Å².